The number of nitrogens with one attached hydrogen (secondary N) is 2. The Morgan fingerprint density at radius 2 is 1.67 bits per heavy atom. The van der Waals surface area contributed by atoms with Crippen molar-refractivity contribution < 1.29 is 24.6 Å². The molecule has 0 unspecified atom stereocenters. The van der Waals surface area contributed by atoms with E-state index in [4.69, 9.17) is 0 Å². The van der Waals surface area contributed by atoms with E-state index in [2.05, 4.69) is 10.6 Å². The highest BCUT2D eigenvalue weighted by atomic mass is 16.3. The Balaban J connectivity index is 2.66. The molecule has 0 saturated carbocycles. The zero-order valence-corrected chi connectivity index (χ0v) is 17.1. The van der Waals surface area contributed by atoms with Gasteiger partial charge in [0, 0.05) is 19.5 Å². The molecule has 8 nitrogen and oxygen atoms in total. The molecule has 4 N–H and O–H groups in total. The molecule has 1 aliphatic heterocycles. The van der Waals surface area contributed by atoms with Crippen molar-refractivity contribution in [3.8, 4) is 0 Å². The van der Waals surface area contributed by atoms with E-state index in [0.29, 0.717) is 25.9 Å². The first-order chi connectivity index (χ1) is 12.6. The van der Waals surface area contributed by atoms with Crippen LogP contribution in [0.25, 0.3) is 0 Å². The Morgan fingerprint density at radius 3 is 2.11 bits per heavy atom. The summed E-state index contributed by atoms with van der Waals surface area (Å²) in [5.41, 5.74) is 0. The van der Waals surface area contributed by atoms with Crippen LogP contribution in [0.15, 0.2) is 0 Å². The zero-order valence-electron chi connectivity index (χ0n) is 17.1. The highest BCUT2D eigenvalue weighted by Crippen LogP contribution is 2.17. The van der Waals surface area contributed by atoms with Gasteiger partial charge in [-0.15, -0.1) is 0 Å². The maximum absolute atomic E-state index is 12.6. The van der Waals surface area contributed by atoms with Crippen molar-refractivity contribution in [1.29, 1.82) is 0 Å². The van der Waals surface area contributed by atoms with Crippen LogP contribution < -0.4 is 10.6 Å². The zero-order chi connectivity index (χ0) is 20.7. The van der Waals surface area contributed by atoms with Gasteiger partial charge in [0.2, 0.25) is 11.8 Å². The number of amides is 2. The Morgan fingerprint density at radius 1 is 1.11 bits per heavy atom. The maximum atomic E-state index is 12.6. The van der Waals surface area contributed by atoms with E-state index in [1.54, 1.807) is 18.9 Å². The highest BCUT2D eigenvalue weighted by Gasteiger charge is 2.34. The molecule has 1 fully saturated rings. The summed E-state index contributed by atoms with van der Waals surface area (Å²) in [6.07, 6.45) is -0.195. The normalized spacial score (nSPS) is 20.1. The minimum atomic E-state index is -1.07. The van der Waals surface area contributed by atoms with E-state index in [1.807, 2.05) is 13.8 Å². The first-order valence-electron chi connectivity index (χ1n) is 9.70. The summed E-state index contributed by atoms with van der Waals surface area (Å²) < 4.78 is 0. The molecule has 1 rings (SSSR count). The molecule has 156 valence electrons. The molecule has 0 aromatic heterocycles. The molecule has 8 heteroatoms. The van der Waals surface area contributed by atoms with Gasteiger partial charge in [-0.3, -0.25) is 14.4 Å². The van der Waals surface area contributed by atoms with Crippen molar-refractivity contribution in [2.24, 2.45) is 11.8 Å². The van der Waals surface area contributed by atoms with Crippen molar-refractivity contribution in [3.63, 3.8) is 0 Å². The number of likely N-dealkylation sites (N-methyl/N-ethyl adjacent to an activating group) is 1. The molecule has 1 saturated heterocycles. The first kappa shape index (κ1) is 23.5. The van der Waals surface area contributed by atoms with Crippen LogP contribution in [0.1, 0.15) is 47.0 Å². The van der Waals surface area contributed by atoms with E-state index in [9.17, 15) is 24.6 Å². The van der Waals surface area contributed by atoms with Crippen LogP contribution >= 0.6 is 0 Å². The van der Waals surface area contributed by atoms with Crippen molar-refractivity contribution in [2.75, 3.05) is 20.1 Å². The van der Waals surface area contributed by atoms with Crippen LogP contribution in [0.3, 0.4) is 0 Å². The number of aliphatic hydroxyl groups excluding tert-OH is 2. The monoisotopic (exact) mass is 385 g/mol. The molecule has 0 aromatic rings. The molecule has 27 heavy (non-hydrogen) atoms. The molecular weight excluding hydrogens is 350 g/mol. The fourth-order valence-corrected chi connectivity index (χ4v) is 3.41. The molecule has 0 radical (unpaired) electrons. The fourth-order valence-electron chi connectivity index (χ4n) is 3.41. The number of ketones is 1. The van der Waals surface area contributed by atoms with Gasteiger partial charge in [0.1, 0.15) is 6.04 Å². The minimum Gasteiger partial charge on any atom is -0.393 e. The number of rotatable bonds is 9. The third-order valence-electron chi connectivity index (χ3n) is 5.23. The van der Waals surface area contributed by atoms with Crippen molar-refractivity contribution >= 4 is 17.6 Å². The molecule has 0 spiro atoms. The summed E-state index contributed by atoms with van der Waals surface area (Å²) in [6, 6.07) is -1.53. The van der Waals surface area contributed by atoms with Gasteiger partial charge in [-0.1, -0.05) is 20.8 Å². The predicted octanol–water partition coefficient (Wildman–Crippen LogP) is -0.325. The number of carbonyl (C=O) groups is 3. The van der Waals surface area contributed by atoms with Crippen LogP contribution in [0.2, 0.25) is 0 Å². The molecule has 2 amide bonds. The van der Waals surface area contributed by atoms with Gasteiger partial charge in [-0.25, -0.2) is 0 Å². The summed E-state index contributed by atoms with van der Waals surface area (Å²) in [4.78, 5) is 38.4. The smallest absolute Gasteiger partial charge is 0.240 e. The second-order valence-electron chi connectivity index (χ2n) is 7.89. The predicted molar refractivity (Wildman–Crippen MR) is 102 cm³/mol. The van der Waals surface area contributed by atoms with Gasteiger partial charge in [-0.2, -0.15) is 0 Å². The molecule has 1 aliphatic rings. The minimum absolute atomic E-state index is 0.0606. The summed E-state index contributed by atoms with van der Waals surface area (Å²) in [5, 5.41) is 25.6. The number of hydrogen-bond donors (Lipinski definition) is 4. The average molecular weight is 386 g/mol. The number of piperidine rings is 1. The van der Waals surface area contributed by atoms with Crippen molar-refractivity contribution in [2.45, 2.75) is 71.2 Å². The molecular formula is C19H35N3O5. The second kappa shape index (κ2) is 10.7. The van der Waals surface area contributed by atoms with Gasteiger partial charge in [0.25, 0.3) is 0 Å². The second-order valence-corrected chi connectivity index (χ2v) is 7.89. The Kier molecular flexibility index (Phi) is 9.35. The lowest BCUT2D eigenvalue weighted by molar-refractivity contribution is -0.137. The largest absolute Gasteiger partial charge is 0.393 e. The Hall–Kier alpha value is -1.51. The van der Waals surface area contributed by atoms with Gasteiger partial charge in [-0.05, 0) is 38.6 Å². The van der Waals surface area contributed by atoms with Crippen molar-refractivity contribution in [1.82, 2.24) is 15.5 Å². The molecule has 0 aliphatic carbocycles. The summed E-state index contributed by atoms with van der Waals surface area (Å²) in [7, 11) is 1.56. The number of nitrogens with zero attached hydrogens (tertiary/aromatic N) is 1. The van der Waals surface area contributed by atoms with E-state index >= 15 is 0 Å². The van der Waals surface area contributed by atoms with Gasteiger partial charge in [0.05, 0.1) is 18.2 Å². The third kappa shape index (κ3) is 6.86. The quantitative estimate of drug-likeness (QED) is 0.432. The van der Waals surface area contributed by atoms with Crippen LogP contribution in [0.4, 0.5) is 0 Å². The van der Waals surface area contributed by atoms with Crippen LogP contribution in [0, 0.1) is 11.8 Å². The summed E-state index contributed by atoms with van der Waals surface area (Å²) in [6.45, 7) is 7.85. The molecule has 0 aromatic carbocycles. The number of aliphatic hydroxyl groups is 2. The van der Waals surface area contributed by atoms with E-state index < -0.39 is 30.0 Å². The molecule has 4 atom stereocenters. The Bertz CT molecular complexity index is 517. The van der Waals surface area contributed by atoms with Gasteiger partial charge >= 0.3 is 0 Å². The molecule has 1 heterocycles. The van der Waals surface area contributed by atoms with Crippen LogP contribution in [0.5, 0.6) is 0 Å². The number of carbonyl (C=O) groups excluding carboxylic acids is 3. The number of Topliss-reactive ketones (excluding diaryl/α,β-unsaturated/α-hetero) is 1. The fraction of sp³-hybridized carbons (Fsp3) is 0.842. The summed E-state index contributed by atoms with van der Waals surface area (Å²) >= 11 is 0. The average Bonchev–Trinajstić information content (AvgIpc) is 2.59. The van der Waals surface area contributed by atoms with Gasteiger partial charge in [0.15, 0.2) is 5.78 Å². The SMILES string of the molecule is CN[C@@H](C(=O)N[C@@H](C(C)=O)C(C)C)[C@H](O)[C@H](C)CC(=O)N1CCC(O)CC1. The highest BCUT2D eigenvalue weighted by molar-refractivity contribution is 5.90. The lowest BCUT2D eigenvalue weighted by Crippen LogP contribution is -2.56. The first-order valence-corrected chi connectivity index (χ1v) is 9.70. The topological polar surface area (TPSA) is 119 Å². The molecule has 0 bridgehead atoms. The van der Waals surface area contributed by atoms with Crippen LogP contribution in [-0.2, 0) is 14.4 Å². The van der Waals surface area contributed by atoms with Crippen molar-refractivity contribution in [3.05, 3.63) is 0 Å². The lowest BCUT2D eigenvalue weighted by Gasteiger charge is -2.32. The lowest BCUT2D eigenvalue weighted by atomic mass is 9.92. The van der Waals surface area contributed by atoms with E-state index in [1.165, 1.54) is 6.92 Å². The van der Waals surface area contributed by atoms with Gasteiger partial charge < -0.3 is 25.7 Å². The number of likely N-dealkylation sites (tertiary alicyclic amines) is 1. The Labute approximate surface area is 161 Å². The number of hydrogen-bond acceptors (Lipinski definition) is 6. The van der Waals surface area contributed by atoms with E-state index in [0.717, 1.165) is 0 Å². The standard InChI is InChI=1S/C19H35N3O5/c1-11(2)16(13(4)23)21-19(27)17(20-5)18(26)12(3)10-15(25)22-8-6-14(24)7-9-22/h11-12,14,16-18,20,24,26H,6-10H2,1-5H3,(H,21,27)/t12-,16-,17-,18-/m1/s1. The third-order valence-corrected chi connectivity index (χ3v) is 5.23. The summed E-state index contributed by atoms with van der Waals surface area (Å²) in [5.74, 6) is -1.19. The van der Waals surface area contributed by atoms with Crippen LogP contribution in [-0.4, -0.2) is 77.1 Å². The maximum Gasteiger partial charge on any atom is 0.240 e. The van der Waals surface area contributed by atoms with E-state index in [-0.39, 0.29) is 30.1 Å².